The largest absolute Gasteiger partial charge is 0.507 e. The van der Waals surface area contributed by atoms with Crippen LogP contribution in [0, 0.1) is 10.1 Å². The Bertz CT molecular complexity index is 793. The van der Waals surface area contributed by atoms with E-state index in [1.54, 1.807) is 12.1 Å². The summed E-state index contributed by atoms with van der Waals surface area (Å²) in [5.74, 6) is -0.187. The van der Waals surface area contributed by atoms with Crippen molar-refractivity contribution in [3.05, 3.63) is 74.8 Å². The molecule has 2 aromatic carbocycles. The fraction of sp³-hybridized carbons (Fsp3) is 0.0625. The molecule has 0 bridgehead atoms. The van der Waals surface area contributed by atoms with Crippen LogP contribution in [0.2, 0.25) is 0 Å². The number of carbonyl (C=O) groups excluding carboxylic acids is 1. The van der Waals surface area contributed by atoms with Crippen molar-refractivity contribution in [3.63, 3.8) is 0 Å². The smallest absolute Gasteiger partial charge is 0.270 e. The van der Waals surface area contributed by atoms with Gasteiger partial charge >= 0.3 is 0 Å². The molecule has 0 radical (unpaired) electrons. The summed E-state index contributed by atoms with van der Waals surface area (Å²) in [7, 11) is 0. The molecule has 3 rings (SSSR count). The van der Waals surface area contributed by atoms with Crippen molar-refractivity contribution < 1.29 is 14.8 Å². The minimum absolute atomic E-state index is 0.0862. The fourth-order valence-corrected chi connectivity index (χ4v) is 2.43. The summed E-state index contributed by atoms with van der Waals surface area (Å²) in [6.45, 7) is 0. The van der Waals surface area contributed by atoms with Crippen LogP contribution in [-0.2, 0) is 6.42 Å². The molecule has 0 aromatic heterocycles. The number of nitrogens with zero attached hydrogens (tertiary/aromatic N) is 1. The third-order valence-electron chi connectivity index (χ3n) is 3.49. The van der Waals surface area contributed by atoms with Crippen LogP contribution in [0.3, 0.4) is 0 Å². The van der Waals surface area contributed by atoms with Crippen LogP contribution in [0.4, 0.5) is 5.69 Å². The standard InChI is InChI=1S/C16H11NO4/c18-15-6-5-13(17(20)21)9-11(15)8-12-7-10-3-1-2-4-14(10)16(12)19/h1-6,8-9,18H,7H2/b12-8+. The third-order valence-corrected chi connectivity index (χ3v) is 3.49. The van der Waals surface area contributed by atoms with Gasteiger partial charge in [0.2, 0.25) is 0 Å². The number of fused-ring (bicyclic) bond motifs is 1. The first-order valence-corrected chi connectivity index (χ1v) is 6.37. The van der Waals surface area contributed by atoms with Gasteiger partial charge in [0.15, 0.2) is 5.78 Å². The number of hydrogen-bond donors (Lipinski definition) is 1. The lowest BCUT2D eigenvalue weighted by molar-refractivity contribution is -0.384. The van der Waals surface area contributed by atoms with E-state index < -0.39 is 4.92 Å². The predicted octanol–water partition coefficient (Wildman–Crippen LogP) is 3.12. The Hall–Kier alpha value is -2.95. The summed E-state index contributed by atoms with van der Waals surface area (Å²) in [4.78, 5) is 22.5. The highest BCUT2D eigenvalue weighted by atomic mass is 16.6. The maximum Gasteiger partial charge on any atom is 0.270 e. The number of aromatic hydroxyl groups is 1. The second-order valence-electron chi connectivity index (χ2n) is 4.83. The summed E-state index contributed by atoms with van der Waals surface area (Å²) < 4.78 is 0. The molecule has 104 valence electrons. The van der Waals surface area contributed by atoms with Crippen LogP contribution in [0.1, 0.15) is 21.5 Å². The highest BCUT2D eigenvalue weighted by Gasteiger charge is 2.24. The van der Waals surface area contributed by atoms with Gasteiger partial charge in [-0.25, -0.2) is 0 Å². The molecule has 0 aliphatic heterocycles. The zero-order chi connectivity index (χ0) is 15.0. The van der Waals surface area contributed by atoms with E-state index in [2.05, 4.69) is 0 Å². The van der Waals surface area contributed by atoms with Crippen LogP contribution in [0.25, 0.3) is 6.08 Å². The molecule has 0 heterocycles. The molecular weight excluding hydrogens is 270 g/mol. The number of carbonyl (C=O) groups is 1. The Labute approximate surface area is 120 Å². The molecule has 0 fully saturated rings. The second-order valence-corrected chi connectivity index (χ2v) is 4.83. The fourth-order valence-electron chi connectivity index (χ4n) is 2.43. The first-order chi connectivity index (χ1) is 10.1. The number of benzene rings is 2. The molecule has 5 nitrogen and oxygen atoms in total. The van der Waals surface area contributed by atoms with E-state index >= 15 is 0 Å². The molecular formula is C16H11NO4. The zero-order valence-electron chi connectivity index (χ0n) is 10.9. The van der Waals surface area contributed by atoms with E-state index in [0.29, 0.717) is 17.6 Å². The average Bonchev–Trinajstić information content (AvgIpc) is 2.78. The molecule has 0 saturated carbocycles. The number of nitro groups is 1. The van der Waals surface area contributed by atoms with Crippen LogP contribution in [-0.4, -0.2) is 15.8 Å². The lowest BCUT2D eigenvalue weighted by Crippen LogP contribution is -1.95. The Morgan fingerprint density at radius 2 is 1.95 bits per heavy atom. The van der Waals surface area contributed by atoms with Gasteiger partial charge in [-0.3, -0.25) is 14.9 Å². The third kappa shape index (κ3) is 2.29. The molecule has 1 aliphatic rings. The van der Waals surface area contributed by atoms with E-state index in [1.165, 1.54) is 24.3 Å². The lowest BCUT2D eigenvalue weighted by atomic mass is 10.1. The van der Waals surface area contributed by atoms with Gasteiger partial charge < -0.3 is 5.11 Å². The number of rotatable bonds is 2. The molecule has 0 spiro atoms. The minimum atomic E-state index is -0.535. The Balaban J connectivity index is 2.03. The van der Waals surface area contributed by atoms with Crippen LogP contribution < -0.4 is 0 Å². The number of phenols is 1. The highest BCUT2D eigenvalue weighted by molar-refractivity contribution is 6.15. The maximum atomic E-state index is 12.2. The van der Waals surface area contributed by atoms with Crippen molar-refractivity contribution in [2.45, 2.75) is 6.42 Å². The van der Waals surface area contributed by atoms with Gasteiger partial charge in [-0.1, -0.05) is 24.3 Å². The topological polar surface area (TPSA) is 80.4 Å². The monoisotopic (exact) mass is 281 g/mol. The van der Waals surface area contributed by atoms with Crippen LogP contribution >= 0.6 is 0 Å². The van der Waals surface area contributed by atoms with E-state index in [0.717, 1.165) is 5.56 Å². The predicted molar refractivity (Wildman–Crippen MR) is 77.2 cm³/mol. The number of allylic oxidation sites excluding steroid dienone is 1. The molecule has 1 aliphatic carbocycles. The number of ketones is 1. The van der Waals surface area contributed by atoms with Gasteiger partial charge in [-0.15, -0.1) is 0 Å². The Morgan fingerprint density at radius 1 is 1.19 bits per heavy atom. The van der Waals surface area contributed by atoms with E-state index in [4.69, 9.17) is 0 Å². The van der Waals surface area contributed by atoms with Gasteiger partial charge in [-0.2, -0.15) is 0 Å². The molecule has 0 saturated heterocycles. The number of hydrogen-bond acceptors (Lipinski definition) is 4. The molecule has 0 amide bonds. The van der Waals surface area contributed by atoms with E-state index in [1.807, 2.05) is 12.1 Å². The van der Waals surface area contributed by atoms with Crippen molar-refractivity contribution in [1.29, 1.82) is 0 Å². The lowest BCUT2D eigenvalue weighted by Gasteiger charge is -2.01. The molecule has 0 unspecified atom stereocenters. The van der Waals surface area contributed by atoms with Gasteiger partial charge in [0.1, 0.15) is 5.75 Å². The normalized spacial score (nSPS) is 15.2. The van der Waals surface area contributed by atoms with Crippen molar-refractivity contribution in [1.82, 2.24) is 0 Å². The summed E-state index contributed by atoms with van der Waals surface area (Å²) >= 11 is 0. The first-order valence-electron chi connectivity index (χ1n) is 6.37. The molecule has 5 heteroatoms. The van der Waals surface area contributed by atoms with Crippen molar-refractivity contribution in [3.8, 4) is 5.75 Å². The summed E-state index contributed by atoms with van der Waals surface area (Å²) in [6, 6.07) is 11.0. The number of nitro benzene ring substituents is 1. The molecule has 0 atom stereocenters. The number of Topliss-reactive ketones (excluding diaryl/α,β-unsaturated/α-hetero) is 1. The van der Waals surface area contributed by atoms with Gasteiger partial charge in [0, 0.05) is 35.3 Å². The van der Waals surface area contributed by atoms with Gasteiger partial charge in [0.25, 0.3) is 5.69 Å². The SMILES string of the molecule is O=C1/C(=C/c2cc([N+](=O)[O-])ccc2O)Cc2ccccc21. The first kappa shape index (κ1) is 13.1. The van der Waals surface area contributed by atoms with Crippen LogP contribution in [0.15, 0.2) is 48.0 Å². The van der Waals surface area contributed by atoms with Gasteiger partial charge in [0.05, 0.1) is 4.92 Å². The number of non-ortho nitro benzene ring substituents is 1. The summed E-state index contributed by atoms with van der Waals surface area (Å²) in [5.41, 5.74) is 2.25. The quantitative estimate of drug-likeness (QED) is 0.521. The molecule has 2 aromatic rings. The maximum absolute atomic E-state index is 12.2. The average molecular weight is 281 g/mol. The van der Waals surface area contributed by atoms with E-state index in [9.17, 15) is 20.0 Å². The second kappa shape index (κ2) is 4.86. The summed E-state index contributed by atoms with van der Waals surface area (Å²) in [5, 5.41) is 20.6. The van der Waals surface area contributed by atoms with Crippen molar-refractivity contribution in [2.75, 3.05) is 0 Å². The highest BCUT2D eigenvalue weighted by Crippen LogP contribution is 2.31. The summed E-state index contributed by atoms with van der Waals surface area (Å²) in [6.07, 6.45) is 1.99. The molecule has 1 N–H and O–H groups in total. The zero-order valence-corrected chi connectivity index (χ0v) is 10.9. The van der Waals surface area contributed by atoms with Gasteiger partial charge in [-0.05, 0) is 17.7 Å². The van der Waals surface area contributed by atoms with Crippen molar-refractivity contribution >= 4 is 17.5 Å². The van der Waals surface area contributed by atoms with Crippen molar-refractivity contribution in [2.24, 2.45) is 0 Å². The number of phenolic OH excluding ortho intramolecular Hbond substituents is 1. The minimum Gasteiger partial charge on any atom is -0.507 e. The van der Waals surface area contributed by atoms with E-state index in [-0.39, 0.29) is 22.8 Å². The Kier molecular flexibility index (Phi) is 3.02. The van der Waals surface area contributed by atoms with Crippen LogP contribution in [0.5, 0.6) is 5.75 Å². The Morgan fingerprint density at radius 3 is 2.67 bits per heavy atom. The molecule has 21 heavy (non-hydrogen) atoms.